The number of amides is 3. The van der Waals surface area contributed by atoms with E-state index in [0.717, 1.165) is 24.3 Å². The molecule has 1 saturated heterocycles. The first-order valence-electron chi connectivity index (χ1n) is 7.72. The smallest absolute Gasteiger partial charge is 0.325 e. The monoisotopic (exact) mass is 416 g/mol. The molecule has 0 bridgehead atoms. The molecular weight excluding hydrogens is 400 g/mol. The van der Waals surface area contributed by atoms with Gasteiger partial charge in [0.25, 0.3) is 11.6 Å². The minimum atomic E-state index is -4.29. The Morgan fingerprint density at radius 3 is 2.46 bits per heavy atom. The third kappa shape index (κ3) is 4.79. The molecule has 152 valence electrons. The normalized spacial score (nSPS) is 19.8. The van der Waals surface area contributed by atoms with Crippen LogP contribution in [0.2, 0.25) is 0 Å². The van der Waals surface area contributed by atoms with Gasteiger partial charge in [-0.1, -0.05) is 0 Å². The van der Waals surface area contributed by atoms with Gasteiger partial charge in [0.15, 0.2) is 6.61 Å². The molecule has 0 spiro atoms. The van der Waals surface area contributed by atoms with Crippen molar-refractivity contribution in [1.82, 2.24) is 9.62 Å². The van der Waals surface area contributed by atoms with Gasteiger partial charge < -0.3 is 15.6 Å². The average Bonchev–Trinajstić information content (AvgIpc) is 3.02. The molecule has 1 aromatic rings. The second kappa shape index (κ2) is 8.28. The number of urea groups is 1. The zero-order chi connectivity index (χ0) is 21.1. The van der Waals surface area contributed by atoms with Crippen molar-refractivity contribution < 1.29 is 37.6 Å². The predicted molar refractivity (Wildman–Crippen MR) is 90.1 cm³/mol. The van der Waals surface area contributed by atoms with Crippen molar-refractivity contribution in [1.29, 1.82) is 0 Å². The first kappa shape index (κ1) is 21.2. The molecule has 1 aromatic carbocycles. The van der Waals surface area contributed by atoms with Gasteiger partial charge in [-0.3, -0.25) is 25.0 Å². The second-order valence-corrected chi connectivity index (χ2v) is 7.64. The molecule has 13 nitrogen and oxygen atoms in total. The van der Waals surface area contributed by atoms with E-state index < -0.39 is 58.2 Å². The van der Waals surface area contributed by atoms with E-state index in [1.807, 2.05) is 0 Å². The van der Waals surface area contributed by atoms with Gasteiger partial charge in [-0.05, 0) is 12.1 Å². The maximum absolute atomic E-state index is 12.8. The second-order valence-electron chi connectivity index (χ2n) is 5.75. The number of rotatable bonds is 6. The van der Waals surface area contributed by atoms with E-state index in [1.165, 1.54) is 0 Å². The van der Waals surface area contributed by atoms with Gasteiger partial charge >= 0.3 is 12.0 Å². The highest BCUT2D eigenvalue weighted by atomic mass is 32.2. The zero-order valence-electron chi connectivity index (χ0n) is 14.2. The van der Waals surface area contributed by atoms with E-state index in [0.29, 0.717) is 4.31 Å². The Hall–Kier alpha value is -3.10. The lowest BCUT2D eigenvalue weighted by molar-refractivity contribution is -0.384. The van der Waals surface area contributed by atoms with E-state index in [-0.39, 0.29) is 17.0 Å². The summed E-state index contributed by atoms with van der Waals surface area (Å²) in [5.74, 6) is -2.12. The number of esters is 1. The average molecular weight is 416 g/mol. The number of hydrogen-bond acceptors (Lipinski definition) is 9. The molecule has 2 rings (SSSR count). The SMILES string of the molecule is NC(=O)NC(=O)COC(=O)[C@@H]1CC(O)CN1S(=O)(=O)c1ccc([N+](=O)[O-])cc1. The van der Waals surface area contributed by atoms with Crippen LogP contribution in [-0.4, -0.2) is 66.0 Å². The van der Waals surface area contributed by atoms with Crippen LogP contribution in [0.4, 0.5) is 10.5 Å². The number of sulfonamides is 1. The lowest BCUT2D eigenvalue weighted by Gasteiger charge is -2.22. The van der Waals surface area contributed by atoms with Gasteiger partial charge in [-0.2, -0.15) is 4.31 Å². The van der Waals surface area contributed by atoms with Gasteiger partial charge in [0.2, 0.25) is 10.0 Å². The minimum absolute atomic E-state index is 0.275. The number of ether oxygens (including phenoxy) is 1. The van der Waals surface area contributed by atoms with Gasteiger partial charge in [0.1, 0.15) is 6.04 Å². The number of aliphatic hydroxyl groups excluding tert-OH is 1. The minimum Gasteiger partial charge on any atom is -0.454 e. The van der Waals surface area contributed by atoms with Crippen molar-refractivity contribution in [3.63, 3.8) is 0 Å². The topological polar surface area (TPSA) is 199 Å². The molecule has 2 atom stereocenters. The van der Waals surface area contributed by atoms with Crippen molar-refractivity contribution in [2.75, 3.05) is 13.2 Å². The Labute approximate surface area is 158 Å². The maximum Gasteiger partial charge on any atom is 0.325 e. The number of imide groups is 1. The fourth-order valence-electron chi connectivity index (χ4n) is 2.55. The maximum atomic E-state index is 12.8. The van der Waals surface area contributed by atoms with Crippen LogP contribution in [0.25, 0.3) is 0 Å². The summed E-state index contributed by atoms with van der Waals surface area (Å²) in [4.78, 5) is 43.7. The number of hydrogen-bond donors (Lipinski definition) is 3. The highest BCUT2D eigenvalue weighted by Crippen LogP contribution is 2.28. The van der Waals surface area contributed by atoms with Crippen molar-refractivity contribution in [2.45, 2.75) is 23.5 Å². The van der Waals surface area contributed by atoms with Crippen LogP contribution in [0.5, 0.6) is 0 Å². The third-order valence-electron chi connectivity index (χ3n) is 3.77. The number of nitrogens with one attached hydrogen (secondary N) is 1. The molecule has 0 aliphatic carbocycles. The fourth-order valence-corrected chi connectivity index (χ4v) is 4.17. The number of carbonyl (C=O) groups excluding carboxylic acids is 3. The van der Waals surface area contributed by atoms with E-state index in [4.69, 9.17) is 5.73 Å². The summed E-state index contributed by atoms with van der Waals surface area (Å²) in [6.45, 7) is -1.29. The van der Waals surface area contributed by atoms with E-state index in [9.17, 15) is 38.0 Å². The quantitative estimate of drug-likeness (QED) is 0.279. The summed E-state index contributed by atoms with van der Waals surface area (Å²) in [5, 5.41) is 22.2. The Bertz CT molecular complexity index is 900. The summed E-state index contributed by atoms with van der Waals surface area (Å²) in [5.41, 5.74) is 4.42. The van der Waals surface area contributed by atoms with Crippen LogP contribution in [0, 0.1) is 10.1 Å². The number of benzene rings is 1. The van der Waals surface area contributed by atoms with Crippen LogP contribution >= 0.6 is 0 Å². The summed E-state index contributed by atoms with van der Waals surface area (Å²) < 4.78 is 30.9. The number of aliphatic hydroxyl groups is 1. The summed E-state index contributed by atoms with van der Waals surface area (Å²) in [7, 11) is -4.29. The first-order valence-corrected chi connectivity index (χ1v) is 9.16. The Balaban J connectivity index is 2.17. The third-order valence-corrected chi connectivity index (χ3v) is 5.66. The molecular formula is C14H16N4O9S. The first-order chi connectivity index (χ1) is 13.0. The number of carbonyl (C=O) groups is 3. The van der Waals surface area contributed by atoms with Crippen LogP contribution in [-0.2, 0) is 24.3 Å². The molecule has 1 unspecified atom stereocenters. The summed E-state index contributed by atoms with van der Waals surface area (Å²) in [6, 6.07) is 1.40. The number of non-ortho nitro benzene ring substituents is 1. The lowest BCUT2D eigenvalue weighted by atomic mass is 10.2. The number of primary amides is 1. The van der Waals surface area contributed by atoms with Crippen LogP contribution in [0.3, 0.4) is 0 Å². The number of nitrogens with two attached hydrogens (primary N) is 1. The lowest BCUT2D eigenvalue weighted by Crippen LogP contribution is -2.43. The van der Waals surface area contributed by atoms with E-state index in [2.05, 4.69) is 4.74 Å². The fraction of sp³-hybridized carbons (Fsp3) is 0.357. The van der Waals surface area contributed by atoms with Gasteiger partial charge in [0, 0.05) is 25.1 Å². The molecule has 4 N–H and O–H groups in total. The Morgan fingerprint density at radius 2 is 1.93 bits per heavy atom. The predicted octanol–water partition coefficient (Wildman–Crippen LogP) is -1.54. The highest BCUT2D eigenvalue weighted by molar-refractivity contribution is 7.89. The van der Waals surface area contributed by atoms with Crippen LogP contribution in [0.1, 0.15) is 6.42 Å². The molecule has 1 heterocycles. The number of nitro benzene ring substituents is 1. The molecule has 28 heavy (non-hydrogen) atoms. The summed E-state index contributed by atoms with van der Waals surface area (Å²) >= 11 is 0. The van der Waals surface area contributed by atoms with Gasteiger partial charge in [-0.25, -0.2) is 13.2 Å². The van der Waals surface area contributed by atoms with Crippen molar-refractivity contribution >= 4 is 33.6 Å². The molecule has 1 aliphatic rings. The van der Waals surface area contributed by atoms with Crippen molar-refractivity contribution in [3.8, 4) is 0 Å². The standard InChI is InChI=1S/C14H16N4O9S/c15-14(22)16-12(20)7-27-13(21)11-5-9(19)6-17(11)28(25,26)10-3-1-8(2-4-10)18(23)24/h1-4,9,11,19H,5-7H2,(H3,15,16,20,22)/t9?,11-/m0/s1. The molecule has 0 saturated carbocycles. The number of nitro groups is 1. The molecule has 1 fully saturated rings. The Kier molecular flexibility index (Phi) is 6.27. The van der Waals surface area contributed by atoms with Crippen molar-refractivity contribution in [2.24, 2.45) is 5.73 Å². The van der Waals surface area contributed by atoms with Crippen LogP contribution < -0.4 is 11.1 Å². The highest BCUT2D eigenvalue weighted by Gasteiger charge is 2.44. The van der Waals surface area contributed by atoms with Crippen LogP contribution in [0.15, 0.2) is 29.2 Å². The van der Waals surface area contributed by atoms with E-state index >= 15 is 0 Å². The van der Waals surface area contributed by atoms with Crippen molar-refractivity contribution in [3.05, 3.63) is 34.4 Å². The number of β-amino-alcohol motifs (C(OH)–C–C–N with tert-alkyl or cyclic N) is 1. The molecule has 0 radical (unpaired) electrons. The molecule has 0 aromatic heterocycles. The van der Waals surface area contributed by atoms with Gasteiger partial charge in [0.05, 0.1) is 15.9 Å². The summed E-state index contributed by atoms with van der Waals surface area (Å²) in [6.07, 6.45) is -1.44. The Morgan fingerprint density at radius 1 is 1.32 bits per heavy atom. The molecule has 1 aliphatic heterocycles. The number of nitrogens with zero attached hydrogens (tertiary/aromatic N) is 2. The van der Waals surface area contributed by atoms with Gasteiger partial charge in [-0.15, -0.1) is 0 Å². The zero-order valence-corrected chi connectivity index (χ0v) is 15.0. The van der Waals surface area contributed by atoms with E-state index in [1.54, 1.807) is 5.32 Å². The largest absolute Gasteiger partial charge is 0.454 e. The molecule has 14 heteroatoms. The molecule has 3 amide bonds.